The van der Waals surface area contributed by atoms with Crippen molar-refractivity contribution < 1.29 is 302 Å². The van der Waals surface area contributed by atoms with Crippen molar-refractivity contribution >= 4 is 33.5 Å². The Hall–Kier alpha value is 2.85. The molecule has 0 aliphatic rings. The van der Waals surface area contributed by atoms with Crippen LogP contribution in [0, 0.1) is 0 Å². The molecule has 0 heterocycles. The molecule has 4 aromatic rings. The number of carbonyl (C=O) groups is 4. The minimum atomic E-state index is -0.449. The minimum absolute atomic E-state index is 0. The van der Waals surface area contributed by atoms with Crippen LogP contribution in [0.2, 0.25) is 0 Å². The maximum Gasteiger partial charge on any atom is 1.00 e. The summed E-state index contributed by atoms with van der Waals surface area (Å²) >= 11 is 0. The molecule has 3 radical (unpaired) electrons. The van der Waals surface area contributed by atoms with Gasteiger partial charge in [-0.2, -0.15) is 0 Å². The third kappa shape index (κ3) is 70.9. The molecule has 0 unspecified atom stereocenters. The maximum absolute atomic E-state index is 10.2. The summed E-state index contributed by atoms with van der Waals surface area (Å²) in [5.74, 6) is 0.883. The molecule has 0 saturated carbocycles. The second-order valence-electron chi connectivity index (χ2n) is 10.7. The fourth-order valence-corrected chi connectivity index (χ4v) is 3.81. The summed E-state index contributed by atoms with van der Waals surface area (Å²) in [6.45, 7) is 0. The van der Waals surface area contributed by atoms with E-state index in [0.717, 1.165) is 22.3 Å². The van der Waals surface area contributed by atoms with Crippen LogP contribution >= 0.6 is 0 Å². The molecule has 381 valence electrons. The van der Waals surface area contributed by atoms with E-state index in [-0.39, 0.29) is 390 Å². The summed E-state index contributed by atoms with van der Waals surface area (Å²) in [7, 11) is 3.75. The number of phenols is 4. The number of phenolic OH excluding ortho intramolecular Hbond substituents is 4. The summed E-state index contributed by atoms with van der Waals surface area (Å²) in [5, 5.41) is 35.8. The minimum Gasteiger partial charge on any atom is -1.00 e. The molecule has 4 rings (SSSR count). The van der Waals surface area contributed by atoms with Crippen LogP contribution in [0.5, 0.6) is 23.0 Å². The third-order valence-corrected chi connectivity index (χ3v) is 6.33. The van der Waals surface area contributed by atoms with Crippen LogP contribution in [0.25, 0.3) is 0 Å². The molecule has 4 atom stereocenters. The fourth-order valence-electron chi connectivity index (χ4n) is 3.81. The van der Waals surface area contributed by atoms with Crippen LogP contribution in [0.15, 0.2) is 97.1 Å². The monoisotopic (exact) mass is 1110 g/mol. The standard InChI is InChI=1S/4C9H11NO2.14CH4.BH.5K.4H/c4*10-8(6-11)5-7-1-3-9(12)4-2-7;;;;;;;;;;;;;;;;;;;;;;;;/h4*1-4,6,8,12H,5,10H2;14*1H4;1H;;;;;;;;;/q;;;;;;;;;;;;;;;;;;-1;5*+1;4*-1/t4*8-;;;;;;;;;;;;;;;;;;;;;;;;/m1111......................../s1/i;;;;;;;;;;;;;;;;;;1T;;;;;;4*1+2. The van der Waals surface area contributed by atoms with E-state index in [4.69, 9.17) is 44.7 Å². The smallest absolute Gasteiger partial charge is 1.00 e. The number of carbonyl (C=O) groups excluding carboxylic acids is 4. The van der Waals surface area contributed by atoms with Gasteiger partial charge in [0.25, 0.3) is 0 Å². The number of hydrogen-bond donors (Lipinski definition) is 8. The average Bonchev–Trinajstić information content (AvgIpc) is 3.13. The third-order valence-electron chi connectivity index (χ3n) is 6.33. The van der Waals surface area contributed by atoms with Crippen molar-refractivity contribution in [3.05, 3.63) is 119 Å². The van der Waals surface area contributed by atoms with Gasteiger partial charge >= 0.3 is 257 Å². The number of rotatable bonds is 12. The van der Waals surface area contributed by atoms with Crippen LogP contribution in [0.4, 0.5) is 0 Å². The molecule has 0 amide bonds. The first-order valence-corrected chi connectivity index (χ1v) is 14.8. The molecule has 4 aromatic carbocycles. The van der Waals surface area contributed by atoms with Gasteiger partial charge in [0.1, 0.15) is 48.1 Å². The molecule has 0 bridgehead atoms. The predicted molar refractivity (Wildman–Crippen MR) is 289 cm³/mol. The van der Waals surface area contributed by atoms with Crippen LogP contribution in [0.3, 0.4) is 0 Å². The first-order chi connectivity index (χ1) is 23.9. The normalized spacial score (nSPS) is 8.87. The van der Waals surface area contributed by atoms with Crippen molar-refractivity contribution in [2.24, 2.45) is 22.9 Å². The van der Waals surface area contributed by atoms with E-state index in [1.807, 2.05) is 0 Å². The van der Waals surface area contributed by atoms with Gasteiger partial charge in [0, 0.05) is 0 Å². The zero-order valence-electron chi connectivity index (χ0n) is 37.0. The Morgan fingerprint density at radius 2 is 0.441 bits per heavy atom. The first-order valence-electron chi connectivity index (χ1n) is 15.4. The molecular formula is C50H105BK5N4O8. The Bertz CT molecular complexity index is 1320. The molecule has 0 aromatic heterocycles. The van der Waals surface area contributed by atoms with Gasteiger partial charge in [0.2, 0.25) is 0 Å². The van der Waals surface area contributed by atoms with Crippen molar-refractivity contribution in [1.29, 1.82) is 1.34 Å². The van der Waals surface area contributed by atoms with Crippen LogP contribution in [0.1, 0.15) is 132 Å². The molecule has 0 spiro atoms. The Morgan fingerprint density at radius 3 is 0.529 bits per heavy atom. The molecule has 0 saturated heterocycles. The van der Waals surface area contributed by atoms with Gasteiger partial charge in [-0.15, -0.1) is 0 Å². The van der Waals surface area contributed by atoms with E-state index < -0.39 is 24.2 Å². The van der Waals surface area contributed by atoms with Gasteiger partial charge in [-0.25, -0.2) is 0 Å². The molecule has 68 heavy (non-hydrogen) atoms. The Morgan fingerprint density at radius 1 is 0.338 bits per heavy atom. The van der Waals surface area contributed by atoms with Crippen LogP contribution < -0.4 is 280 Å². The van der Waals surface area contributed by atoms with Gasteiger partial charge in [-0.3, -0.25) is 0 Å². The van der Waals surface area contributed by atoms with Crippen molar-refractivity contribution in [2.45, 2.75) is 154 Å². The summed E-state index contributed by atoms with van der Waals surface area (Å²) in [6.07, 6.45) is 4.93. The van der Waals surface area contributed by atoms with E-state index in [2.05, 4.69) is 8.38 Å². The first kappa shape index (κ1) is 129. The Kier molecular flexibility index (Phi) is 158. The van der Waals surface area contributed by atoms with Crippen LogP contribution in [-0.2, 0) is 44.9 Å². The number of nitrogens with two attached hydrogens (primary N) is 4. The fraction of sp³-hybridized carbons (Fsp3) is 0.440. The summed E-state index contributed by atoms with van der Waals surface area (Å²) in [6, 6.07) is 24.8. The molecule has 12 nitrogen and oxygen atoms in total. The van der Waals surface area contributed by atoms with Crippen LogP contribution in [-0.4, -0.2) is 79.5 Å². The maximum atomic E-state index is 10.2. The number of aromatic hydroxyl groups is 4. The van der Waals surface area contributed by atoms with E-state index in [1.54, 1.807) is 97.1 Å². The van der Waals surface area contributed by atoms with E-state index in [0.29, 0.717) is 50.8 Å². The number of aldehydes is 4. The molecule has 0 aliphatic heterocycles. The van der Waals surface area contributed by atoms with Gasteiger partial charge in [0.05, 0.1) is 24.2 Å². The molecular weight excluding hydrogens is 991 g/mol. The largest absolute Gasteiger partial charge is 1.00 e. The summed E-state index contributed by atoms with van der Waals surface area (Å²) < 4.78 is 5.25. The number of hydrogen-bond acceptors (Lipinski definition) is 12. The Balaban J connectivity index is -0.0000000178. The Labute approximate surface area is 643 Å². The molecule has 0 aliphatic carbocycles. The topological polar surface area (TPSA) is 253 Å². The quantitative estimate of drug-likeness (QED) is 0.0495. The van der Waals surface area contributed by atoms with E-state index in [9.17, 15) is 19.2 Å². The predicted octanol–water partition coefficient (Wildman–Crippen LogP) is -4.43. The zero-order valence-corrected chi connectivity index (χ0v) is 47.6. The van der Waals surface area contributed by atoms with E-state index in [1.165, 1.54) is 0 Å². The van der Waals surface area contributed by atoms with Crippen molar-refractivity contribution in [3.8, 4) is 23.0 Å². The summed E-state index contributed by atoms with van der Waals surface area (Å²) in [4.78, 5) is 40.8. The number of benzene rings is 4. The van der Waals surface area contributed by atoms with Gasteiger partial charge in [-0.05, 0) is 96.5 Å². The molecule has 0 fully saturated rings. The summed E-state index contributed by atoms with van der Waals surface area (Å²) in [5.41, 5.74) is 25.5. The second-order valence-corrected chi connectivity index (χ2v) is 10.7. The van der Waals surface area contributed by atoms with Gasteiger partial charge in [0.15, 0.2) is 0 Å². The SMILES string of the molecule is C.C.C.C.C.C.C.C.C.C.C.C.C.C.N[C@@H](C=O)Cc1ccc(O)cc1.N[C@@H](C=O)Cc1ccc(O)cc1.N[C@@H](C=O)Cc1ccc(O)cc1.N[C@@H](C=O)Cc1ccc(O)cc1.[3H-].[3H-].[3H-].[3H-].[3H][B-].[K+].[K+].[K+].[K+].[K+]. The van der Waals surface area contributed by atoms with Crippen molar-refractivity contribution in [3.63, 3.8) is 0 Å². The van der Waals surface area contributed by atoms with Crippen molar-refractivity contribution in [1.82, 2.24) is 0 Å². The zero-order chi connectivity index (χ0) is 37.9. The average molecular weight is 1110 g/mol. The second kappa shape index (κ2) is 83.8. The van der Waals surface area contributed by atoms with Crippen molar-refractivity contribution in [2.75, 3.05) is 0 Å². The van der Waals surface area contributed by atoms with E-state index >= 15 is 0 Å². The molecule has 18 heteroatoms. The van der Waals surface area contributed by atoms with Gasteiger partial charge in [-0.1, -0.05) is 153 Å². The van der Waals surface area contributed by atoms with Gasteiger partial charge < -0.3 is 78.0 Å². The molecule has 12 N–H and O–H groups in total.